The second kappa shape index (κ2) is 13.5. The minimum Gasteiger partial charge on any atom is -0.481 e. The first kappa shape index (κ1) is 39.5. The normalized spacial score (nSPS) is 37.5. The largest absolute Gasteiger partial charge is 0.481 e. The highest BCUT2D eigenvalue weighted by Crippen LogP contribution is 2.77. The molecule has 0 aliphatic heterocycles. The number of halogens is 1. The van der Waals surface area contributed by atoms with E-state index in [9.17, 15) is 24.6 Å². The molecule has 1 aromatic carbocycles. The summed E-state index contributed by atoms with van der Waals surface area (Å²) in [7, 11) is 0. The molecule has 52 heavy (non-hydrogen) atoms. The monoisotopic (exact) mass is 737 g/mol. The van der Waals surface area contributed by atoms with Crippen molar-refractivity contribution in [3.05, 3.63) is 46.0 Å². The lowest BCUT2D eigenvalue weighted by Gasteiger charge is -2.72. The third-order valence-corrected chi connectivity index (χ3v) is 16.5. The van der Waals surface area contributed by atoms with E-state index in [2.05, 4.69) is 53.8 Å². The molecule has 0 bridgehead atoms. The van der Waals surface area contributed by atoms with Crippen molar-refractivity contribution >= 4 is 29.3 Å². The summed E-state index contributed by atoms with van der Waals surface area (Å²) in [4.78, 5) is 38.9. The van der Waals surface area contributed by atoms with Crippen LogP contribution in [0.5, 0.6) is 0 Å². The van der Waals surface area contributed by atoms with Gasteiger partial charge in [0, 0.05) is 35.4 Å². The number of carbonyl (C=O) groups is 3. The molecule has 4 fully saturated rings. The van der Waals surface area contributed by atoms with E-state index in [1.807, 2.05) is 24.3 Å². The third kappa shape index (κ3) is 6.02. The second-order valence-electron chi connectivity index (χ2n) is 19.8. The van der Waals surface area contributed by atoms with Crippen LogP contribution in [0.15, 0.2) is 35.4 Å². The number of hydrogen-bond acceptors (Lipinski definition) is 6. The molecule has 5 aliphatic rings. The third-order valence-electron chi connectivity index (χ3n) is 16.1. The predicted molar refractivity (Wildman–Crippen MR) is 205 cm³/mol. The molecule has 9 atom stereocenters. The first-order chi connectivity index (χ1) is 24.2. The fourth-order valence-corrected chi connectivity index (χ4v) is 13.3. The van der Waals surface area contributed by atoms with Crippen LogP contribution in [0, 0.1) is 56.2 Å². The summed E-state index contributed by atoms with van der Waals surface area (Å²) in [6.07, 6.45) is 7.11. The number of aliphatic carboxylic acids is 1. The fraction of sp³-hybridized carbons (Fsp3) is 0.750. The number of fused-ring (bicyclic) bond motifs is 7. The first-order valence-corrected chi connectivity index (χ1v) is 20.4. The highest BCUT2D eigenvalue weighted by molar-refractivity contribution is 6.31. The van der Waals surface area contributed by atoms with Crippen molar-refractivity contribution in [2.75, 3.05) is 6.54 Å². The average Bonchev–Trinajstić information content (AvgIpc) is 3.36. The van der Waals surface area contributed by atoms with Gasteiger partial charge in [0.25, 0.3) is 0 Å². The van der Waals surface area contributed by atoms with Crippen LogP contribution in [-0.4, -0.2) is 46.7 Å². The quantitative estimate of drug-likeness (QED) is 0.205. The maximum atomic E-state index is 14.0. The Bertz CT molecular complexity index is 1630. The maximum Gasteiger partial charge on any atom is 0.309 e. The van der Waals surface area contributed by atoms with Gasteiger partial charge in [0.05, 0.1) is 17.9 Å². The highest BCUT2D eigenvalue weighted by atomic mass is 35.5. The van der Waals surface area contributed by atoms with Crippen molar-refractivity contribution in [1.82, 2.24) is 5.32 Å². The SMILES string of the molecule is CC(C)C1=C2[C@H]3CCC4[C@@]5(C)CC[C@H](OC(=O)CC(C)(C)C(=O)O)C(C)(C)C5CC[C@@]4(C)[C@]3(C)CC[C@@]2([C@H](O)CNCc2ccccc2Cl)CC1=O. The number of benzene rings is 1. The number of ketones is 1. The minimum atomic E-state index is -1.17. The zero-order chi connectivity index (χ0) is 38.2. The summed E-state index contributed by atoms with van der Waals surface area (Å²) in [5, 5.41) is 26.0. The number of carbonyl (C=O) groups excluding carboxylic acids is 2. The lowest BCUT2D eigenvalue weighted by Crippen LogP contribution is -2.66. The molecule has 0 radical (unpaired) electrons. The number of esters is 1. The Labute approximate surface area is 317 Å². The Balaban J connectivity index is 1.26. The first-order valence-electron chi connectivity index (χ1n) is 20.0. The molecule has 0 spiro atoms. The molecule has 6 rings (SSSR count). The predicted octanol–water partition coefficient (Wildman–Crippen LogP) is 9.18. The smallest absolute Gasteiger partial charge is 0.309 e. The molecule has 8 heteroatoms. The summed E-state index contributed by atoms with van der Waals surface area (Å²) >= 11 is 6.44. The van der Waals surface area contributed by atoms with Gasteiger partial charge in [-0.25, -0.2) is 0 Å². The van der Waals surface area contributed by atoms with Crippen LogP contribution < -0.4 is 5.32 Å². The fourth-order valence-electron chi connectivity index (χ4n) is 13.1. The molecule has 288 valence electrons. The van der Waals surface area contributed by atoms with Gasteiger partial charge >= 0.3 is 11.9 Å². The van der Waals surface area contributed by atoms with Gasteiger partial charge in [-0.1, -0.05) is 83.8 Å². The zero-order valence-corrected chi connectivity index (χ0v) is 33.9. The number of aliphatic hydroxyl groups excluding tert-OH is 1. The molecule has 1 aromatic rings. The number of Topliss-reactive ketones (excluding diaryl/α,β-unsaturated/α-hetero) is 1. The average molecular weight is 738 g/mol. The highest BCUT2D eigenvalue weighted by Gasteiger charge is 2.70. The molecule has 0 amide bonds. The Morgan fingerprint density at radius 2 is 1.65 bits per heavy atom. The number of aliphatic hydroxyl groups is 1. The van der Waals surface area contributed by atoms with Crippen LogP contribution in [-0.2, 0) is 25.7 Å². The van der Waals surface area contributed by atoms with Crippen molar-refractivity contribution in [1.29, 1.82) is 0 Å². The van der Waals surface area contributed by atoms with E-state index in [1.54, 1.807) is 13.8 Å². The molecule has 3 N–H and O–H groups in total. The summed E-state index contributed by atoms with van der Waals surface area (Å²) in [6, 6.07) is 7.79. The molecule has 0 heterocycles. The van der Waals surface area contributed by atoms with E-state index in [-0.39, 0.29) is 51.8 Å². The molecule has 2 unspecified atom stereocenters. The molecule has 7 nitrogen and oxygen atoms in total. The topological polar surface area (TPSA) is 113 Å². The van der Waals surface area contributed by atoms with Crippen molar-refractivity contribution in [3.63, 3.8) is 0 Å². The van der Waals surface area contributed by atoms with Crippen LogP contribution in [0.3, 0.4) is 0 Å². The summed E-state index contributed by atoms with van der Waals surface area (Å²) in [6.45, 7) is 20.6. The van der Waals surface area contributed by atoms with Gasteiger partial charge in [-0.3, -0.25) is 14.4 Å². The van der Waals surface area contributed by atoms with Crippen molar-refractivity contribution < 1.29 is 29.3 Å². The lowest BCUT2D eigenvalue weighted by molar-refractivity contribution is -0.235. The Hall–Kier alpha value is -2.22. The van der Waals surface area contributed by atoms with Gasteiger partial charge in [0.2, 0.25) is 0 Å². The van der Waals surface area contributed by atoms with Crippen LogP contribution >= 0.6 is 11.6 Å². The standard InChI is InChI=1S/C44H64ClNO6/c1-26(2)36-30(47)22-44(33(48)25-46-24-27-12-10-11-13-29(27)45)21-20-42(8)28(37(36)44)14-15-32-41(7)18-17-34(52-35(49)23-39(3,4)38(50)51)40(5,6)31(41)16-19-43(32,42)9/h10-13,26,28,31-34,46,48H,14-25H2,1-9H3,(H,50,51)/t28-,31?,32?,33-,34+,41+,42-,43-,44+/m1/s1. The molecule has 5 aliphatic carbocycles. The van der Waals surface area contributed by atoms with Crippen LogP contribution in [0.2, 0.25) is 5.02 Å². The van der Waals surface area contributed by atoms with E-state index in [0.717, 1.165) is 62.5 Å². The Kier molecular flexibility index (Phi) is 10.3. The number of carboxylic acid groups (broad SMARTS) is 1. The van der Waals surface area contributed by atoms with Gasteiger partial charge in [-0.2, -0.15) is 0 Å². The lowest BCUT2D eigenvalue weighted by atomic mass is 9.33. The van der Waals surface area contributed by atoms with Crippen molar-refractivity contribution in [2.45, 2.75) is 145 Å². The van der Waals surface area contributed by atoms with Crippen LogP contribution in [0.4, 0.5) is 0 Å². The number of rotatable bonds is 10. The van der Waals surface area contributed by atoms with Gasteiger partial charge in [0.1, 0.15) is 6.10 Å². The van der Waals surface area contributed by atoms with Crippen LogP contribution in [0.1, 0.15) is 132 Å². The van der Waals surface area contributed by atoms with Gasteiger partial charge in [0.15, 0.2) is 5.78 Å². The molecular formula is C44H64ClNO6. The number of ether oxygens (including phenoxy) is 1. The molecule has 0 saturated heterocycles. The van der Waals surface area contributed by atoms with E-state index >= 15 is 0 Å². The number of hydrogen-bond donors (Lipinski definition) is 3. The maximum absolute atomic E-state index is 14.0. The molecule has 0 aromatic heterocycles. The second-order valence-corrected chi connectivity index (χ2v) is 20.2. The Morgan fingerprint density at radius 3 is 2.31 bits per heavy atom. The molecule has 4 saturated carbocycles. The minimum absolute atomic E-state index is 0.0198. The van der Waals surface area contributed by atoms with Gasteiger partial charge in [-0.05, 0) is 122 Å². The molecular weight excluding hydrogens is 674 g/mol. The zero-order valence-electron chi connectivity index (χ0n) is 33.2. The van der Waals surface area contributed by atoms with Gasteiger partial charge in [-0.15, -0.1) is 0 Å². The van der Waals surface area contributed by atoms with Crippen molar-refractivity contribution in [3.8, 4) is 0 Å². The van der Waals surface area contributed by atoms with Gasteiger partial charge < -0.3 is 20.3 Å². The summed E-state index contributed by atoms with van der Waals surface area (Å²) < 4.78 is 6.16. The van der Waals surface area contributed by atoms with E-state index in [4.69, 9.17) is 16.3 Å². The Morgan fingerprint density at radius 1 is 0.962 bits per heavy atom. The van der Waals surface area contributed by atoms with Crippen LogP contribution in [0.25, 0.3) is 0 Å². The summed E-state index contributed by atoms with van der Waals surface area (Å²) in [5.74, 6) is 0.00892. The number of carboxylic acids is 1. The van der Waals surface area contributed by atoms with E-state index in [1.165, 1.54) is 5.57 Å². The number of nitrogens with one attached hydrogen (secondary N) is 1. The van der Waals surface area contributed by atoms with E-state index in [0.29, 0.717) is 36.4 Å². The van der Waals surface area contributed by atoms with Crippen molar-refractivity contribution in [2.24, 2.45) is 56.2 Å². The number of allylic oxidation sites excluding steroid dienone is 1. The summed E-state index contributed by atoms with van der Waals surface area (Å²) in [5.41, 5.74) is 1.39. The van der Waals surface area contributed by atoms with E-state index < -0.39 is 28.9 Å².